The van der Waals surface area contributed by atoms with Crippen molar-refractivity contribution >= 4 is 26.0 Å². The minimum Gasteiger partial charge on any atom is -0.486 e. The topological polar surface area (TPSA) is 111 Å². The average Bonchev–Trinajstić information content (AvgIpc) is 3.00. The van der Waals surface area contributed by atoms with Crippen LogP contribution in [0, 0.1) is 17.1 Å². The molecule has 3 rings (SSSR count). The number of aliphatic hydroxyl groups excluding tert-OH is 1. The summed E-state index contributed by atoms with van der Waals surface area (Å²) in [4.78, 5) is 0.0142. The number of hydrogen-bond acceptors (Lipinski definition) is 6. The molecule has 0 amide bonds. The molecule has 7 nitrogen and oxygen atoms in total. The second-order valence-electron chi connectivity index (χ2n) is 6.35. The molecule has 0 bridgehead atoms. The lowest BCUT2D eigenvalue weighted by molar-refractivity contribution is -0.0641. The second kappa shape index (κ2) is 7.77. The summed E-state index contributed by atoms with van der Waals surface area (Å²) in [6, 6.07) is 11.4. The Morgan fingerprint density at radius 1 is 1.36 bits per heavy atom. The highest BCUT2D eigenvalue weighted by Gasteiger charge is 2.51. The number of nitrogens with zero attached hydrogens (tertiary/aromatic N) is 2. The Morgan fingerprint density at radius 3 is 2.68 bits per heavy atom. The fourth-order valence-corrected chi connectivity index (χ4v) is 5.39. The summed E-state index contributed by atoms with van der Waals surface area (Å²) in [5.74, 6) is -0.795. The molecule has 2 N–H and O–H groups in total. The van der Waals surface area contributed by atoms with Gasteiger partial charge in [0, 0.05) is 17.1 Å². The fraction of sp³-hybridized carbons (Fsp3) is 0.278. The largest absolute Gasteiger partial charge is 0.486 e. The van der Waals surface area contributed by atoms with Crippen molar-refractivity contribution in [3.8, 4) is 11.8 Å². The van der Waals surface area contributed by atoms with E-state index in [4.69, 9.17) is 10.00 Å². The van der Waals surface area contributed by atoms with E-state index in [1.807, 2.05) is 0 Å². The molecule has 10 heteroatoms. The van der Waals surface area contributed by atoms with Gasteiger partial charge in [-0.05, 0) is 40.2 Å². The molecule has 2 atom stereocenters. The van der Waals surface area contributed by atoms with E-state index in [0.717, 1.165) is 10.4 Å². The van der Waals surface area contributed by atoms with Crippen LogP contribution in [0.15, 0.2) is 51.8 Å². The summed E-state index contributed by atoms with van der Waals surface area (Å²) >= 11 is 3.20. The number of aliphatic hydroxyl groups is 2. The molecule has 1 aliphatic heterocycles. The number of nitriles is 1. The van der Waals surface area contributed by atoms with Gasteiger partial charge in [-0.25, -0.2) is 12.8 Å². The van der Waals surface area contributed by atoms with E-state index >= 15 is 0 Å². The molecule has 0 spiro atoms. The van der Waals surface area contributed by atoms with Gasteiger partial charge in [0.15, 0.2) is 0 Å². The van der Waals surface area contributed by atoms with Crippen LogP contribution >= 0.6 is 15.9 Å². The molecule has 0 aliphatic carbocycles. The zero-order valence-corrected chi connectivity index (χ0v) is 16.8. The van der Waals surface area contributed by atoms with Gasteiger partial charge in [-0.1, -0.05) is 12.1 Å². The monoisotopic (exact) mass is 470 g/mol. The predicted molar refractivity (Wildman–Crippen MR) is 100 cm³/mol. The van der Waals surface area contributed by atoms with Gasteiger partial charge in [-0.3, -0.25) is 0 Å². The first-order chi connectivity index (χ1) is 13.2. The zero-order chi connectivity index (χ0) is 20.5. The predicted octanol–water partition coefficient (Wildman–Crippen LogP) is 1.64. The Labute approximate surface area is 169 Å². The van der Waals surface area contributed by atoms with Crippen molar-refractivity contribution in [2.45, 2.75) is 16.6 Å². The van der Waals surface area contributed by atoms with E-state index in [9.17, 15) is 23.0 Å². The summed E-state index contributed by atoms with van der Waals surface area (Å²) in [6.45, 7) is -1.39. The Bertz CT molecular complexity index is 1040. The van der Waals surface area contributed by atoms with Crippen molar-refractivity contribution in [3.05, 3.63) is 58.3 Å². The molecular weight excluding hydrogens is 455 g/mol. The number of sulfonamides is 1. The first-order valence-electron chi connectivity index (χ1n) is 8.15. The zero-order valence-electron chi connectivity index (χ0n) is 14.4. The van der Waals surface area contributed by atoms with E-state index in [2.05, 4.69) is 15.9 Å². The van der Waals surface area contributed by atoms with Gasteiger partial charge in [0.25, 0.3) is 0 Å². The van der Waals surface area contributed by atoms with Crippen LogP contribution in [0.25, 0.3) is 0 Å². The van der Waals surface area contributed by atoms with Gasteiger partial charge >= 0.3 is 0 Å². The van der Waals surface area contributed by atoms with Crippen molar-refractivity contribution in [2.24, 2.45) is 0 Å². The Morgan fingerprint density at radius 2 is 2.07 bits per heavy atom. The molecule has 2 aromatic carbocycles. The molecular formula is C18H16BrFN2O5S. The molecule has 1 fully saturated rings. The minimum absolute atomic E-state index is 0.00788. The van der Waals surface area contributed by atoms with E-state index in [1.54, 1.807) is 24.3 Å². The lowest BCUT2D eigenvalue weighted by atomic mass is 10.0. The van der Waals surface area contributed by atoms with E-state index in [1.165, 1.54) is 18.2 Å². The summed E-state index contributed by atoms with van der Waals surface area (Å²) in [7, 11) is -3.98. The maximum Gasteiger partial charge on any atom is 0.244 e. The summed E-state index contributed by atoms with van der Waals surface area (Å²) in [6.07, 6.45) is -1.14. The van der Waals surface area contributed by atoms with Crippen molar-refractivity contribution < 1.29 is 27.8 Å². The Balaban J connectivity index is 1.89. The van der Waals surface area contributed by atoms with Gasteiger partial charge in [0.2, 0.25) is 10.0 Å². The lowest BCUT2D eigenvalue weighted by Crippen LogP contribution is -2.48. The molecule has 0 radical (unpaired) electrons. The maximum absolute atomic E-state index is 13.8. The highest BCUT2D eigenvalue weighted by atomic mass is 79.9. The van der Waals surface area contributed by atoms with Crippen LogP contribution in [0.2, 0.25) is 0 Å². The number of β-amino-alcohol motifs (C(OH)–C–C–N with tert-alkyl or cyclic N) is 1. The normalized spacial score (nSPS) is 22.8. The Kier molecular flexibility index (Phi) is 5.74. The number of benzene rings is 2. The van der Waals surface area contributed by atoms with Crippen molar-refractivity contribution in [3.63, 3.8) is 0 Å². The highest BCUT2D eigenvalue weighted by molar-refractivity contribution is 9.10. The molecule has 2 aromatic rings. The molecule has 0 saturated carbocycles. The van der Waals surface area contributed by atoms with Crippen molar-refractivity contribution in [1.82, 2.24) is 4.31 Å². The third kappa shape index (κ3) is 3.76. The first kappa shape index (κ1) is 20.7. The van der Waals surface area contributed by atoms with Crippen LogP contribution in [0.5, 0.6) is 5.75 Å². The third-order valence-electron chi connectivity index (χ3n) is 4.49. The summed E-state index contributed by atoms with van der Waals surface area (Å²) in [5, 5.41) is 29.1. The summed E-state index contributed by atoms with van der Waals surface area (Å²) < 4.78 is 46.6. The smallest absolute Gasteiger partial charge is 0.244 e. The quantitative estimate of drug-likeness (QED) is 0.686. The van der Waals surface area contributed by atoms with Crippen LogP contribution in [-0.2, 0) is 10.0 Å². The standard InChI is InChI=1S/C18H16BrFN2O5S/c19-14-3-1-2-4-16(14)28(25,26)22-9-17(18(24,10-22)11-23)27-13-6-5-12(8-21)15(20)7-13/h1-7,17,23-24H,9-11H2/t17?,18-/m1/s1. The van der Waals surface area contributed by atoms with Gasteiger partial charge < -0.3 is 14.9 Å². The van der Waals surface area contributed by atoms with Crippen LogP contribution < -0.4 is 4.74 Å². The highest BCUT2D eigenvalue weighted by Crippen LogP contribution is 2.33. The first-order valence-corrected chi connectivity index (χ1v) is 10.4. The summed E-state index contributed by atoms with van der Waals surface area (Å²) in [5.41, 5.74) is -2.05. The molecule has 1 aliphatic rings. The molecule has 28 heavy (non-hydrogen) atoms. The van der Waals surface area contributed by atoms with E-state index in [-0.39, 0.29) is 22.8 Å². The molecule has 0 aromatic heterocycles. The lowest BCUT2D eigenvalue weighted by Gasteiger charge is -2.27. The number of rotatable bonds is 5. The number of halogens is 2. The molecule has 148 valence electrons. The third-order valence-corrected chi connectivity index (χ3v) is 7.31. The second-order valence-corrected chi connectivity index (χ2v) is 9.11. The molecule has 1 heterocycles. The van der Waals surface area contributed by atoms with Crippen molar-refractivity contribution in [1.29, 1.82) is 5.26 Å². The average molecular weight is 471 g/mol. The number of ether oxygens (including phenoxy) is 1. The SMILES string of the molecule is N#Cc1ccc(OC2CN(S(=O)(=O)c3ccccc3Br)C[C@@]2(O)CO)cc1F. The van der Waals surface area contributed by atoms with Gasteiger partial charge in [-0.2, -0.15) is 9.57 Å². The molecule has 1 unspecified atom stereocenters. The Hall–Kier alpha value is -2.03. The fourth-order valence-electron chi connectivity index (χ4n) is 2.93. The van der Waals surface area contributed by atoms with Crippen LogP contribution in [0.3, 0.4) is 0 Å². The van der Waals surface area contributed by atoms with E-state index < -0.39 is 40.7 Å². The van der Waals surface area contributed by atoms with Gasteiger partial charge in [-0.15, -0.1) is 0 Å². The van der Waals surface area contributed by atoms with E-state index in [0.29, 0.717) is 4.47 Å². The number of hydrogen-bond donors (Lipinski definition) is 2. The van der Waals surface area contributed by atoms with Gasteiger partial charge in [0.05, 0.1) is 23.6 Å². The van der Waals surface area contributed by atoms with Gasteiger partial charge in [0.1, 0.15) is 29.3 Å². The van der Waals surface area contributed by atoms with Crippen LogP contribution in [0.4, 0.5) is 4.39 Å². The minimum atomic E-state index is -3.98. The van der Waals surface area contributed by atoms with Crippen molar-refractivity contribution in [2.75, 3.05) is 19.7 Å². The maximum atomic E-state index is 13.8. The van der Waals surface area contributed by atoms with Crippen LogP contribution in [0.1, 0.15) is 5.56 Å². The molecule has 1 saturated heterocycles. The van der Waals surface area contributed by atoms with Crippen LogP contribution in [-0.4, -0.2) is 54.3 Å².